The fraction of sp³-hybridized carbons (Fsp3) is 0. The SMILES string of the molecule is N#Cc1ccc(NC(=O)c2cncc(Cl)n2)c(Br)c1. The van der Waals surface area contributed by atoms with E-state index in [1.165, 1.54) is 12.4 Å². The van der Waals surface area contributed by atoms with Crippen LogP contribution < -0.4 is 5.32 Å². The van der Waals surface area contributed by atoms with Crippen molar-refractivity contribution in [2.45, 2.75) is 0 Å². The molecule has 2 aromatic rings. The third-order valence-electron chi connectivity index (χ3n) is 2.18. The number of rotatable bonds is 2. The van der Waals surface area contributed by atoms with Crippen LogP contribution in [-0.2, 0) is 0 Å². The molecule has 0 aliphatic carbocycles. The molecule has 0 aliphatic heterocycles. The molecule has 94 valence electrons. The number of nitrogens with one attached hydrogen (secondary N) is 1. The number of carbonyl (C=O) groups excluding carboxylic acids is 1. The maximum Gasteiger partial charge on any atom is 0.275 e. The molecule has 0 spiro atoms. The first-order chi connectivity index (χ1) is 9.10. The minimum absolute atomic E-state index is 0.115. The number of benzene rings is 1. The highest BCUT2D eigenvalue weighted by Crippen LogP contribution is 2.23. The molecule has 0 fully saturated rings. The second-order valence-electron chi connectivity index (χ2n) is 3.49. The normalized spacial score (nSPS) is 9.74. The second-order valence-corrected chi connectivity index (χ2v) is 4.73. The van der Waals surface area contributed by atoms with Gasteiger partial charge in [0.2, 0.25) is 0 Å². The van der Waals surface area contributed by atoms with Crippen molar-refractivity contribution in [1.29, 1.82) is 5.26 Å². The highest BCUT2D eigenvalue weighted by atomic mass is 79.9. The zero-order valence-electron chi connectivity index (χ0n) is 9.39. The minimum atomic E-state index is -0.430. The molecule has 5 nitrogen and oxygen atoms in total. The maximum atomic E-state index is 11.9. The molecular weight excluding hydrogens is 332 g/mol. The van der Waals surface area contributed by atoms with Gasteiger partial charge in [0, 0.05) is 4.47 Å². The lowest BCUT2D eigenvalue weighted by molar-refractivity contribution is 0.102. The van der Waals surface area contributed by atoms with E-state index in [4.69, 9.17) is 16.9 Å². The predicted octanol–water partition coefficient (Wildman–Crippen LogP) is 3.02. The number of carbonyl (C=O) groups is 1. The Morgan fingerprint density at radius 2 is 2.21 bits per heavy atom. The van der Waals surface area contributed by atoms with Crippen molar-refractivity contribution in [3.05, 3.63) is 51.5 Å². The van der Waals surface area contributed by atoms with Gasteiger partial charge in [0.1, 0.15) is 10.8 Å². The van der Waals surface area contributed by atoms with E-state index in [2.05, 4.69) is 31.2 Å². The highest BCUT2D eigenvalue weighted by molar-refractivity contribution is 9.10. The molecule has 0 radical (unpaired) electrons. The van der Waals surface area contributed by atoms with E-state index in [1.807, 2.05) is 6.07 Å². The summed E-state index contributed by atoms with van der Waals surface area (Å²) in [6.07, 6.45) is 2.66. The lowest BCUT2D eigenvalue weighted by Gasteiger charge is -2.07. The van der Waals surface area contributed by atoms with E-state index in [1.54, 1.807) is 18.2 Å². The van der Waals surface area contributed by atoms with Crippen LogP contribution in [0, 0.1) is 11.3 Å². The summed E-state index contributed by atoms with van der Waals surface area (Å²) in [5, 5.41) is 11.5. The van der Waals surface area contributed by atoms with Crippen LogP contribution >= 0.6 is 27.5 Å². The molecule has 19 heavy (non-hydrogen) atoms. The summed E-state index contributed by atoms with van der Waals surface area (Å²) in [5.41, 5.74) is 1.14. The molecule has 1 aromatic heterocycles. The van der Waals surface area contributed by atoms with Crippen LogP contribution in [0.15, 0.2) is 35.1 Å². The molecule has 0 unspecified atom stereocenters. The first-order valence-electron chi connectivity index (χ1n) is 5.08. The van der Waals surface area contributed by atoms with Crippen LogP contribution in [-0.4, -0.2) is 15.9 Å². The van der Waals surface area contributed by atoms with Gasteiger partial charge in [-0.1, -0.05) is 11.6 Å². The Morgan fingerprint density at radius 3 is 2.84 bits per heavy atom. The van der Waals surface area contributed by atoms with Crippen LogP contribution in [0.5, 0.6) is 0 Å². The highest BCUT2D eigenvalue weighted by Gasteiger charge is 2.11. The van der Waals surface area contributed by atoms with Crippen LogP contribution in [0.2, 0.25) is 5.15 Å². The average molecular weight is 338 g/mol. The molecule has 1 heterocycles. The number of hydrogen-bond acceptors (Lipinski definition) is 4. The number of aromatic nitrogens is 2. The second kappa shape index (κ2) is 5.78. The van der Waals surface area contributed by atoms with E-state index in [9.17, 15) is 4.79 Å². The summed E-state index contributed by atoms with van der Waals surface area (Å²) in [6.45, 7) is 0. The molecule has 0 bridgehead atoms. The monoisotopic (exact) mass is 336 g/mol. The van der Waals surface area contributed by atoms with Crippen LogP contribution in [0.3, 0.4) is 0 Å². The fourth-order valence-electron chi connectivity index (χ4n) is 1.32. The van der Waals surface area contributed by atoms with Gasteiger partial charge in [0.15, 0.2) is 0 Å². The smallest absolute Gasteiger partial charge is 0.275 e. The van der Waals surface area contributed by atoms with E-state index in [0.717, 1.165) is 0 Å². The van der Waals surface area contributed by atoms with Gasteiger partial charge in [-0.25, -0.2) is 4.98 Å². The van der Waals surface area contributed by atoms with Crippen LogP contribution in [0.1, 0.15) is 16.1 Å². The zero-order valence-corrected chi connectivity index (χ0v) is 11.7. The summed E-state index contributed by atoms with van der Waals surface area (Å²) in [4.78, 5) is 19.6. The largest absolute Gasteiger partial charge is 0.320 e. The molecule has 1 amide bonds. The van der Waals surface area contributed by atoms with Gasteiger partial charge in [-0.05, 0) is 34.1 Å². The van der Waals surface area contributed by atoms with Gasteiger partial charge in [-0.15, -0.1) is 0 Å². The molecular formula is C12H6BrClN4O. The predicted molar refractivity (Wildman–Crippen MR) is 73.9 cm³/mol. The van der Waals surface area contributed by atoms with Gasteiger partial charge in [-0.3, -0.25) is 9.78 Å². The van der Waals surface area contributed by atoms with Crippen LogP contribution in [0.4, 0.5) is 5.69 Å². The maximum absolute atomic E-state index is 11.9. The molecule has 0 saturated carbocycles. The molecule has 0 aliphatic rings. The third kappa shape index (κ3) is 3.28. The van der Waals surface area contributed by atoms with Crippen molar-refractivity contribution >= 4 is 39.1 Å². The molecule has 1 N–H and O–H groups in total. The zero-order chi connectivity index (χ0) is 13.8. The Labute approximate surface area is 122 Å². The van der Waals surface area contributed by atoms with Crippen molar-refractivity contribution in [1.82, 2.24) is 9.97 Å². The summed E-state index contributed by atoms with van der Waals surface area (Å²) in [7, 11) is 0. The Balaban J connectivity index is 2.22. The quantitative estimate of drug-likeness (QED) is 0.913. The van der Waals surface area contributed by atoms with E-state index < -0.39 is 5.91 Å². The van der Waals surface area contributed by atoms with E-state index >= 15 is 0 Å². The van der Waals surface area contributed by atoms with E-state index in [0.29, 0.717) is 15.7 Å². The van der Waals surface area contributed by atoms with Gasteiger partial charge in [-0.2, -0.15) is 5.26 Å². The van der Waals surface area contributed by atoms with Gasteiger partial charge in [0.25, 0.3) is 5.91 Å². The number of anilines is 1. The van der Waals surface area contributed by atoms with Gasteiger partial charge in [0.05, 0.1) is 29.7 Å². The van der Waals surface area contributed by atoms with Crippen LogP contribution in [0.25, 0.3) is 0 Å². The number of nitriles is 1. The topological polar surface area (TPSA) is 78.7 Å². The first-order valence-corrected chi connectivity index (χ1v) is 6.26. The molecule has 2 rings (SSSR count). The van der Waals surface area contributed by atoms with Gasteiger partial charge >= 0.3 is 0 Å². The third-order valence-corrected chi connectivity index (χ3v) is 3.02. The average Bonchev–Trinajstić information content (AvgIpc) is 2.41. The molecule has 1 aromatic carbocycles. The summed E-state index contributed by atoms with van der Waals surface area (Å²) >= 11 is 8.94. The standard InChI is InChI=1S/C12H6BrClN4O/c13-8-3-7(4-15)1-2-9(8)18-12(19)10-5-16-6-11(14)17-10/h1-3,5-6H,(H,18,19). The summed E-state index contributed by atoms with van der Waals surface area (Å²) in [6, 6.07) is 6.84. The van der Waals surface area contributed by atoms with Crippen molar-refractivity contribution < 1.29 is 4.79 Å². The van der Waals surface area contributed by atoms with Crippen molar-refractivity contribution in [2.75, 3.05) is 5.32 Å². The number of nitrogens with zero attached hydrogens (tertiary/aromatic N) is 3. The Bertz CT molecular complexity index is 684. The molecule has 7 heteroatoms. The number of amides is 1. The number of hydrogen-bond donors (Lipinski definition) is 1. The summed E-state index contributed by atoms with van der Waals surface area (Å²) in [5.74, 6) is -0.430. The number of halogens is 2. The van der Waals surface area contributed by atoms with Gasteiger partial charge < -0.3 is 5.32 Å². The summed E-state index contributed by atoms with van der Waals surface area (Å²) < 4.78 is 0.606. The first kappa shape index (κ1) is 13.5. The lowest BCUT2D eigenvalue weighted by atomic mass is 10.2. The Kier molecular flexibility index (Phi) is 4.10. The minimum Gasteiger partial charge on any atom is -0.320 e. The Morgan fingerprint density at radius 1 is 1.42 bits per heavy atom. The molecule has 0 saturated heterocycles. The van der Waals surface area contributed by atoms with Crippen molar-refractivity contribution in [3.63, 3.8) is 0 Å². The fourth-order valence-corrected chi connectivity index (χ4v) is 1.95. The van der Waals surface area contributed by atoms with E-state index in [-0.39, 0.29) is 10.8 Å². The van der Waals surface area contributed by atoms with Crippen molar-refractivity contribution in [2.24, 2.45) is 0 Å². The molecule has 0 atom stereocenters. The lowest BCUT2D eigenvalue weighted by Crippen LogP contribution is -2.14. The Hall–Kier alpha value is -1.97. The van der Waals surface area contributed by atoms with Crippen molar-refractivity contribution in [3.8, 4) is 6.07 Å².